The van der Waals surface area contributed by atoms with Crippen LogP contribution in [-0.2, 0) is 14.3 Å². The second kappa shape index (κ2) is 7.12. The molecule has 0 fully saturated rings. The van der Waals surface area contributed by atoms with Gasteiger partial charge in [0.05, 0.1) is 0 Å². The SMILES string of the molecule is CNC(=O)CCNC(=O)C(C)(C)NC(=O)OC(C)(C)C. The molecule has 0 unspecified atom stereocenters. The first-order chi connectivity index (χ1) is 8.98. The second-order valence-electron chi connectivity index (χ2n) is 5.93. The highest BCUT2D eigenvalue weighted by atomic mass is 16.6. The number of hydrogen-bond acceptors (Lipinski definition) is 4. The van der Waals surface area contributed by atoms with E-state index in [1.807, 2.05) is 0 Å². The molecule has 0 aromatic carbocycles. The first-order valence-electron chi connectivity index (χ1n) is 6.48. The van der Waals surface area contributed by atoms with Crippen LogP contribution in [0.4, 0.5) is 4.79 Å². The van der Waals surface area contributed by atoms with Gasteiger partial charge >= 0.3 is 6.09 Å². The van der Waals surface area contributed by atoms with Gasteiger partial charge in [-0.05, 0) is 34.6 Å². The van der Waals surface area contributed by atoms with Crippen molar-refractivity contribution < 1.29 is 19.1 Å². The molecule has 0 aliphatic carbocycles. The fourth-order valence-corrected chi connectivity index (χ4v) is 1.25. The molecule has 0 radical (unpaired) electrons. The van der Waals surface area contributed by atoms with Crippen molar-refractivity contribution in [2.24, 2.45) is 0 Å². The number of rotatable bonds is 5. The van der Waals surface area contributed by atoms with E-state index in [0.717, 1.165) is 0 Å². The van der Waals surface area contributed by atoms with Crippen molar-refractivity contribution in [3.8, 4) is 0 Å². The monoisotopic (exact) mass is 287 g/mol. The van der Waals surface area contributed by atoms with E-state index in [1.165, 1.54) is 7.05 Å². The van der Waals surface area contributed by atoms with E-state index in [0.29, 0.717) is 0 Å². The van der Waals surface area contributed by atoms with Crippen molar-refractivity contribution in [1.29, 1.82) is 0 Å². The van der Waals surface area contributed by atoms with Crippen molar-refractivity contribution in [2.45, 2.75) is 52.2 Å². The summed E-state index contributed by atoms with van der Waals surface area (Å²) >= 11 is 0. The minimum absolute atomic E-state index is 0.164. The Morgan fingerprint density at radius 2 is 1.60 bits per heavy atom. The molecule has 20 heavy (non-hydrogen) atoms. The first-order valence-corrected chi connectivity index (χ1v) is 6.48. The quantitative estimate of drug-likeness (QED) is 0.687. The second-order valence-corrected chi connectivity index (χ2v) is 5.93. The molecule has 7 heteroatoms. The van der Waals surface area contributed by atoms with Gasteiger partial charge < -0.3 is 20.7 Å². The molecule has 0 heterocycles. The summed E-state index contributed by atoms with van der Waals surface area (Å²) in [5, 5.41) is 7.53. The topological polar surface area (TPSA) is 96.5 Å². The highest BCUT2D eigenvalue weighted by molar-refractivity contribution is 5.89. The molecule has 7 nitrogen and oxygen atoms in total. The predicted molar refractivity (Wildman–Crippen MR) is 75.1 cm³/mol. The summed E-state index contributed by atoms with van der Waals surface area (Å²) in [6, 6.07) is 0. The minimum Gasteiger partial charge on any atom is -0.444 e. The molecule has 0 saturated carbocycles. The lowest BCUT2D eigenvalue weighted by Crippen LogP contribution is -2.55. The molecular weight excluding hydrogens is 262 g/mol. The third-order valence-electron chi connectivity index (χ3n) is 2.30. The van der Waals surface area contributed by atoms with Crippen LogP contribution in [0.2, 0.25) is 0 Å². The molecule has 0 aromatic heterocycles. The number of alkyl carbamates (subject to hydrolysis) is 1. The van der Waals surface area contributed by atoms with Gasteiger partial charge in [-0.3, -0.25) is 9.59 Å². The van der Waals surface area contributed by atoms with Crippen molar-refractivity contribution in [3.05, 3.63) is 0 Å². The van der Waals surface area contributed by atoms with Gasteiger partial charge in [0.2, 0.25) is 11.8 Å². The first kappa shape index (κ1) is 18.2. The molecule has 0 saturated heterocycles. The van der Waals surface area contributed by atoms with Crippen molar-refractivity contribution >= 4 is 17.9 Å². The van der Waals surface area contributed by atoms with Gasteiger partial charge in [0.1, 0.15) is 11.1 Å². The Morgan fingerprint density at radius 3 is 2.05 bits per heavy atom. The Balaban J connectivity index is 4.31. The Kier molecular flexibility index (Phi) is 6.48. The molecule has 0 bridgehead atoms. The fourth-order valence-electron chi connectivity index (χ4n) is 1.25. The Hall–Kier alpha value is -1.79. The largest absolute Gasteiger partial charge is 0.444 e. The van der Waals surface area contributed by atoms with Crippen molar-refractivity contribution in [3.63, 3.8) is 0 Å². The summed E-state index contributed by atoms with van der Waals surface area (Å²) < 4.78 is 5.09. The van der Waals surface area contributed by atoms with Gasteiger partial charge in [-0.25, -0.2) is 4.79 Å². The van der Waals surface area contributed by atoms with Crippen LogP contribution in [0, 0.1) is 0 Å². The lowest BCUT2D eigenvalue weighted by atomic mass is 10.1. The van der Waals surface area contributed by atoms with Gasteiger partial charge in [-0.2, -0.15) is 0 Å². The fraction of sp³-hybridized carbons (Fsp3) is 0.769. The maximum atomic E-state index is 11.9. The number of nitrogens with one attached hydrogen (secondary N) is 3. The summed E-state index contributed by atoms with van der Waals surface area (Å²) in [4.78, 5) is 34.6. The smallest absolute Gasteiger partial charge is 0.408 e. The van der Waals surface area contributed by atoms with E-state index in [4.69, 9.17) is 4.74 Å². The molecule has 0 rings (SSSR count). The lowest BCUT2D eigenvalue weighted by Gasteiger charge is -2.27. The maximum Gasteiger partial charge on any atom is 0.408 e. The lowest BCUT2D eigenvalue weighted by molar-refractivity contribution is -0.126. The van der Waals surface area contributed by atoms with Crippen LogP contribution in [0.15, 0.2) is 0 Å². The van der Waals surface area contributed by atoms with Crippen LogP contribution in [0.1, 0.15) is 41.0 Å². The van der Waals surface area contributed by atoms with Crippen molar-refractivity contribution in [2.75, 3.05) is 13.6 Å². The Morgan fingerprint density at radius 1 is 1.05 bits per heavy atom. The maximum absolute atomic E-state index is 11.9. The van der Waals surface area contributed by atoms with Gasteiger partial charge in [-0.1, -0.05) is 0 Å². The molecule has 116 valence electrons. The highest BCUT2D eigenvalue weighted by Gasteiger charge is 2.31. The number of ether oxygens (including phenoxy) is 1. The third kappa shape index (κ3) is 7.60. The molecule has 0 aromatic rings. The average Bonchev–Trinajstić information content (AvgIpc) is 2.24. The molecule has 3 N–H and O–H groups in total. The van der Waals surface area contributed by atoms with Crippen molar-refractivity contribution in [1.82, 2.24) is 16.0 Å². The van der Waals surface area contributed by atoms with Crippen LogP contribution in [0.3, 0.4) is 0 Å². The molecule has 0 atom stereocenters. The molecular formula is C13H25N3O4. The normalized spacial score (nSPS) is 11.5. The zero-order valence-electron chi connectivity index (χ0n) is 13.0. The van der Waals surface area contributed by atoms with E-state index in [2.05, 4.69) is 16.0 Å². The Bertz CT molecular complexity index is 372. The van der Waals surface area contributed by atoms with E-state index in [9.17, 15) is 14.4 Å². The zero-order valence-corrected chi connectivity index (χ0v) is 13.0. The van der Waals surface area contributed by atoms with Crippen LogP contribution < -0.4 is 16.0 Å². The summed E-state index contributed by atoms with van der Waals surface area (Å²) in [5.74, 6) is -0.546. The van der Waals surface area contributed by atoms with E-state index in [-0.39, 0.29) is 24.8 Å². The zero-order chi connectivity index (χ0) is 16.0. The summed E-state index contributed by atoms with van der Waals surface area (Å²) in [6.07, 6.45) is -0.478. The summed E-state index contributed by atoms with van der Waals surface area (Å²) in [6.45, 7) is 8.55. The summed E-state index contributed by atoms with van der Waals surface area (Å²) in [5.41, 5.74) is -1.75. The number of carbonyl (C=O) groups excluding carboxylic acids is 3. The number of amides is 3. The molecule has 3 amide bonds. The molecule has 0 aliphatic rings. The Labute approximate surface area is 119 Å². The van der Waals surface area contributed by atoms with Gasteiger partial charge in [-0.15, -0.1) is 0 Å². The number of carbonyl (C=O) groups is 3. The van der Waals surface area contributed by atoms with E-state index in [1.54, 1.807) is 34.6 Å². The van der Waals surface area contributed by atoms with Gasteiger partial charge in [0.15, 0.2) is 0 Å². The molecule has 0 spiro atoms. The minimum atomic E-state index is -1.12. The standard InChI is InChI=1S/C13H25N3O4/c1-12(2,3)20-11(19)16-13(4,5)10(18)15-8-7-9(17)14-6/h7-8H2,1-6H3,(H,14,17)(H,15,18)(H,16,19). The average molecular weight is 287 g/mol. The van der Waals surface area contributed by atoms with Gasteiger partial charge in [0.25, 0.3) is 0 Å². The van der Waals surface area contributed by atoms with Crippen LogP contribution >= 0.6 is 0 Å². The molecule has 0 aliphatic heterocycles. The predicted octanol–water partition coefficient (Wildman–Crippen LogP) is 0.542. The summed E-state index contributed by atoms with van der Waals surface area (Å²) in [7, 11) is 1.53. The van der Waals surface area contributed by atoms with E-state index < -0.39 is 17.2 Å². The van der Waals surface area contributed by atoms with Crippen LogP contribution in [0.25, 0.3) is 0 Å². The highest BCUT2D eigenvalue weighted by Crippen LogP contribution is 2.09. The third-order valence-corrected chi connectivity index (χ3v) is 2.30. The van der Waals surface area contributed by atoms with Crippen LogP contribution in [0.5, 0.6) is 0 Å². The van der Waals surface area contributed by atoms with Gasteiger partial charge in [0, 0.05) is 20.0 Å². The van der Waals surface area contributed by atoms with Crippen LogP contribution in [-0.4, -0.2) is 42.6 Å². The number of hydrogen-bond donors (Lipinski definition) is 3. The van der Waals surface area contributed by atoms with E-state index >= 15 is 0 Å².